The Hall–Kier alpha value is -2.22. The van der Waals surface area contributed by atoms with Crippen LogP contribution in [0.25, 0.3) is 6.08 Å². The zero-order valence-corrected chi connectivity index (χ0v) is 16.0. The Labute approximate surface area is 160 Å². The van der Waals surface area contributed by atoms with Gasteiger partial charge in [0.25, 0.3) is 0 Å². The molecule has 1 aliphatic rings. The highest BCUT2D eigenvalue weighted by molar-refractivity contribution is 7.94. The lowest BCUT2D eigenvalue weighted by atomic mass is 10.3. The second-order valence-corrected chi connectivity index (χ2v) is 8.06. The predicted octanol–water partition coefficient (Wildman–Crippen LogP) is 2.63. The molecule has 0 bridgehead atoms. The van der Waals surface area contributed by atoms with Gasteiger partial charge in [-0.2, -0.15) is 0 Å². The number of nitrogens with zero attached hydrogens (tertiary/aromatic N) is 2. The zero-order chi connectivity index (χ0) is 19.0. The first kappa shape index (κ1) is 19.5. The van der Waals surface area contributed by atoms with Gasteiger partial charge in [-0.15, -0.1) is 0 Å². The summed E-state index contributed by atoms with van der Waals surface area (Å²) in [6.07, 6.45) is 4.04. The summed E-state index contributed by atoms with van der Waals surface area (Å²) < 4.78 is 35.8. The maximum absolute atomic E-state index is 12.4. The van der Waals surface area contributed by atoms with Crippen LogP contribution in [-0.4, -0.2) is 57.8 Å². The molecule has 0 unspecified atom stereocenters. The fourth-order valence-electron chi connectivity index (χ4n) is 2.74. The normalized spacial score (nSPS) is 15.9. The highest BCUT2D eigenvalue weighted by Crippen LogP contribution is 2.18. The molecule has 1 aromatic carbocycles. The van der Waals surface area contributed by atoms with Crippen molar-refractivity contribution < 1.29 is 17.9 Å². The largest absolute Gasteiger partial charge is 0.494 e. The second-order valence-electron chi connectivity index (χ2n) is 6.23. The van der Waals surface area contributed by atoms with E-state index in [9.17, 15) is 8.42 Å². The number of rotatable bonds is 8. The Balaban J connectivity index is 1.49. The number of pyridine rings is 1. The van der Waals surface area contributed by atoms with Crippen molar-refractivity contribution in [1.29, 1.82) is 0 Å². The van der Waals surface area contributed by atoms with Crippen molar-refractivity contribution in [3.05, 3.63) is 59.8 Å². The van der Waals surface area contributed by atoms with E-state index in [1.54, 1.807) is 42.6 Å². The minimum absolute atomic E-state index is 0.232. The van der Waals surface area contributed by atoms with Gasteiger partial charge in [0.1, 0.15) is 5.75 Å². The first-order chi connectivity index (χ1) is 13.1. The van der Waals surface area contributed by atoms with Crippen LogP contribution >= 0.6 is 0 Å². The van der Waals surface area contributed by atoms with Gasteiger partial charge in [0, 0.05) is 31.2 Å². The van der Waals surface area contributed by atoms with Gasteiger partial charge in [-0.3, -0.25) is 9.88 Å². The fourth-order valence-corrected chi connectivity index (χ4v) is 3.73. The first-order valence-corrected chi connectivity index (χ1v) is 10.6. The van der Waals surface area contributed by atoms with Gasteiger partial charge in [0.2, 0.25) is 0 Å². The highest BCUT2D eigenvalue weighted by atomic mass is 32.2. The van der Waals surface area contributed by atoms with E-state index in [2.05, 4.69) is 9.88 Å². The molecule has 0 aliphatic carbocycles. The van der Waals surface area contributed by atoms with E-state index in [-0.39, 0.29) is 4.90 Å². The van der Waals surface area contributed by atoms with Gasteiger partial charge < -0.3 is 9.47 Å². The molecule has 0 amide bonds. The zero-order valence-electron chi connectivity index (χ0n) is 15.2. The highest BCUT2D eigenvalue weighted by Gasteiger charge is 2.11. The van der Waals surface area contributed by atoms with Gasteiger partial charge in [-0.25, -0.2) is 8.42 Å². The molecule has 27 heavy (non-hydrogen) atoms. The van der Waals surface area contributed by atoms with Gasteiger partial charge in [0.05, 0.1) is 30.4 Å². The molecule has 0 atom stereocenters. The minimum atomic E-state index is -3.51. The second kappa shape index (κ2) is 9.64. The van der Waals surface area contributed by atoms with Crippen LogP contribution in [0.2, 0.25) is 0 Å². The third-order valence-corrected chi connectivity index (χ3v) is 5.67. The summed E-state index contributed by atoms with van der Waals surface area (Å²) in [7, 11) is -3.51. The third-order valence-electron chi connectivity index (χ3n) is 4.25. The van der Waals surface area contributed by atoms with E-state index in [0.717, 1.165) is 39.3 Å². The van der Waals surface area contributed by atoms with Crippen LogP contribution in [0, 0.1) is 0 Å². The lowest BCUT2D eigenvalue weighted by Gasteiger charge is -2.26. The maximum atomic E-state index is 12.4. The third kappa shape index (κ3) is 6.16. The summed E-state index contributed by atoms with van der Waals surface area (Å²) in [5.41, 5.74) is 0.598. The number of sulfone groups is 1. The quantitative estimate of drug-likeness (QED) is 0.648. The van der Waals surface area contributed by atoms with Gasteiger partial charge >= 0.3 is 0 Å². The number of hydrogen-bond donors (Lipinski definition) is 0. The summed E-state index contributed by atoms with van der Waals surface area (Å²) in [4.78, 5) is 6.67. The Morgan fingerprint density at radius 1 is 1.11 bits per heavy atom. The summed E-state index contributed by atoms with van der Waals surface area (Å²) in [6, 6.07) is 11.9. The number of hydrogen-bond acceptors (Lipinski definition) is 6. The molecule has 0 saturated carbocycles. The monoisotopic (exact) mass is 388 g/mol. The van der Waals surface area contributed by atoms with Gasteiger partial charge in [0.15, 0.2) is 9.84 Å². The summed E-state index contributed by atoms with van der Waals surface area (Å²) in [5, 5.41) is 1.17. The van der Waals surface area contributed by atoms with Crippen LogP contribution in [0.1, 0.15) is 12.1 Å². The van der Waals surface area contributed by atoms with E-state index in [0.29, 0.717) is 18.1 Å². The lowest BCUT2D eigenvalue weighted by molar-refractivity contribution is 0.0358. The average molecular weight is 388 g/mol. The molecule has 1 aromatic heterocycles. The maximum Gasteiger partial charge on any atom is 0.199 e. The van der Waals surface area contributed by atoms with E-state index >= 15 is 0 Å². The molecular weight excluding hydrogens is 364 g/mol. The standard InChI is InChI=1S/C20H24N2O4S/c23-27(24,17-9-18-4-1-2-10-21-18)20-7-5-19(6-8-20)26-14-3-11-22-12-15-25-16-13-22/h1-2,4-10,17H,3,11-16H2. The fraction of sp³-hybridized carbons (Fsp3) is 0.350. The molecule has 7 heteroatoms. The number of benzene rings is 1. The van der Waals surface area contributed by atoms with Crippen LogP contribution < -0.4 is 4.74 Å². The molecule has 1 fully saturated rings. The van der Waals surface area contributed by atoms with Crippen LogP contribution in [0.5, 0.6) is 5.75 Å². The van der Waals surface area contributed by atoms with Gasteiger partial charge in [-0.1, -0.05) is 6.07 Å². The summed E-state index contributed by atoms with van der Waals surface area (Å²) in [5.74, 6) is 0.671. The van der Waals surface area contributed by atoms with Crippen molar-refractivity contribution in [3.63, 3.8) is 0 Å². The topological polar surface area (TPSA) is 68.7 Å². The van der Waals surface area contributed by atoms with Crippen molar-refractivity contribution in [2.24, 2.45) is 0 Å². The van der Waals surface area contributed by atoms with E-state index < -0.39 is 9.84 Å². The number of morpholine rings is 1. The molecule has 0 radical (unpaired) electrons. The average Bonchev–Trinajstić information content (AvgIpc) is 2.72. The summed E-state index contributed by atoms with van der Waals surface area (Å²) >= 11 is 0. The van der Waals surface area contributed by atoms with Crippen molar-refractivity contribution in [2.75, 3.05) is 39.5 Å². The Kier molecular flexibility index (Phi) is 6.98. The molecule has 1 aliphatic heterocycles. The van der Waals surface area contributed by atoms with Gasteiger partial charge in [-0.05, 0) is 48.9 Å². The van der Waals surface area contributed by atoms with Crippen LogP contribution in [0.4, 0.5) is 0 Å². The Bertz CT molecular complexity index is 830. The lowest BCUT2D eigenvalue weighted by Crippen LogP contribution is -2.37. The molecule has 6 nitrogen and oxygen atoms in total. The molecule has 1 saturated heterocycles. The number of aromatic nitrogens is 1. The molecular formula is C20H24N2O4S. The Morgan fingerprint density at radius 2 is 1.89 bits per heavy atom. The van der Waals surface area contributed by atoms with E-state index in [4.69, 9.17) is 9.47 Å². The Morgan fingerprint density at radius 3 is 2.59 bits per heavy atom. The molecule has 0 spiro atoms. The molecule has 144 valence electrons. The van der Waals surface area contributed by atoms with Crippen molar-refractivity contribution in [1.82, 2.24) is 9.88 Å². The van der Waals surface area contributed by atoms with Crippen LogP contribution in [-0.2, 0) is 14.6 Å². The summed E-state index contributed by atoms with van der Waals surface area (Å²) in [6.45, 7) is 5.12. The SMILES string of the molecule is O=S(=O)(C=Cc1ccccn1)c1ccc(OCCCN2CCOCC2)cc1. The predicted molar refractivity (Wildman–Crippen MR) is 104 cm³/mol. The first-order valence-electron chi connectivity index (χ1n) is 9.01. The van der Waals surface area contributed by atoms with Crippen molar-refractivity contribution in [3.8, 4) is 5.75 Å². The molecule has 2 aromatic rings. The smallest absolute Gasteiger partial charge is 0.199 e. The molecule has 0 N–H and O–H groups in total. The minimum Gasteiger partial charge on any atom is -0.494 e. The van der Waals surface area contributed by atoms with Crippen molar-refractivity contribution in [2.45, 2.75) is 11.3 Å². The van der Waals surface area contributed by atoms with E-state index in [1.807, 2.05) is 6.07 Å². The van der Waals surface area contributed by atoms with Crippen LogP contribution in [0.3, 0.4) is 0 Å². The van der Waals surface area contributed by atoms with Crippen LogP contribution in [0.15, 0.2) is 59.0 Å². The molecule has 2 heterocycles. The number of ether oxygens (including phenoxy) is 2. The van der Waals surface area contributed by atoms with E-state index in [1.165, 1.54) is 11.5 Å². The molecule has 3 rings (SSSR count). The van der Waals surface area contributed by atoms with Crippen molar-refractivity contribution >= 4 is 15.9 Å².